The van der Waals surface area contributed by atoms with E-state index >= 15 is 0 Å². The Morgan fingerprint density at radius 1 is 0.958 bits per heavy atom. The van der Waals surface area contributed by atoms with Crippen LogP contribution in [0.5, 0.6) is 0 Å². The molecule has 1 saturated heterocycles. The number of carbonyl (C=O) groups excluding carboxylic acids is 1. The maximum atomic E-state index is 12.3. The molecule has 24 heavy (non-hydrogen) atoms. The van der Waals surface area contributed by atoms with Crippen LogP contribution in [-0.4, -0.2) is 24.8 Å². The lowest BCUT2D eigenvalue weighted by atomic mass is 9.64. The molecule has 1 unspecified atom stereocenters. The molecule has 2 aliphatic rings. The molecule has 2 heterocycles. The molecule has 4 heteroatoms. The molecule has 122 valence electrons. The van der Waals surface area contributed by atoms with Gasteiger partial charge < -0.3 is 14.2 Å². The molecular weight excluding hydrogens is 304 g/mol. The van der Waals surface area contributed by atoms with Crippen LogP contribution in [0.25, 0.3) is 0 Å². The van der Waals surface area contributed by atoms with E-state index in [-0.39, 0.29) is 0 Å². The number of carbonyl (C=O) groups is 1. The zero-order chi connectivity index (χ0) is 16.8. The second-order valence-corrected chi connectivity index (χ2v) is 6.08. The van der Waals surface area contributed by atoms with Crippen molar-refractivity contribution in [3.63, 3.8) is 0 Å². The van der Waals surface area contributed by atoms with Crippen molar-refractivity contribution in [1.29, 1.82) is 0 Å². The number of allylic oxidation sites excluding steroid dienone is 1. The van der Waals surface area contributed by atoms with Crippen LogP contribution in [-0.2, 0) is 24.6 Å². The van der Waals surface area contributed by atoms with Crippen molar-refractivity contribution in [1.82, 2.24) is 0 Å². The van der Waals surface area contributed by atoms with E-state index < -0.39 is 23.3 Å². The summed E-state index contributed by atoms with van der Waals surface area (Å²) in [7, 11) is 1.61. The second kappa shape index (κ2) is 5.30. The molecule has 2 atom stereocenters. The highest BCUT2D eigenvalue weighted by atomic mass is 16.7. The van der Waals surface area contributed by atoms with Crippen LogP contribution in [0.1, 0.15) is 18.1 Å². The molecule has 0 spiro atoms. The summed E-state index contributed by atoms with van der Waals surface area (Å²) in [6.45, 7) is 1.76. The largest absolute Gasteiger partial charge is 0.430 e. The van der Waals surface area contributed by atoms with Gasteiger partial charge in [0.25, 0.3) is 0 Å². The molecule has 2 aromatic carbocycles. The highest BCUT2D eigenvalue weighted by Gasteiger charge is 2.73. The van der Waals surface area contributed by atoms with E-state index in [9.17, 15) is 4.79 Å². The molecule has 0 saturated carbocycles. The molecule has 0 bridgehead atoms. The highest BCUT2D eigenvalue weighted by Crippen LogP contribution is 2.58. The quantitative estimate of drug-likeness (QED) is 0.814. The molecule has 4 nitrogen and oxygen atoms in total. The fourth-order valence-electron chi connectivity index (χ4n) is 3.84. The van der Waals surface area contributed by atoms with E-state index in [1.54, 1.807) is 14.0 Å². The van der Waals surface area contributed by atoms with Gasteiger partial charge >= 0.3 is 5.97 Å². The number of cyclic esters (lactones) is 1. The number of methoxy groups -OCH3 is 1. The molecule has 4 rings (SSSR count). The fraction of sp³-hybridized carbons (Fsp3) is 0.250. The zero-order valence-corrected chi connectivity index (χ0v) is 13.6. The summed E-state index contributed by atoms with van der Waals surface area (Å²) in [4.78, 5) is 12.3. The van der Waals surface area contributed by atoms with Gasteiger partial charge in [-0.05, 0) is 24.1 Å². The predicted molar refractivity (Wildman–Crippen MR) is 88.1 cm³/mol. The Morgan fingerprint density at radius 2 is 1.50 bits per heavy atom. The van der Waals surface area contributed by atoms with Gasteiger partial charge in [-0.1, -0.05) is 60.7 Å². The summed E-state index contributed by atoms with van der Waals surface area (Å²) in [6, 6.07) is 19.7. The normalized spacial score (nSPS) is 27.5. The fourth-order valence-corrected chi connectivity index (χ4v) is 3.84. The Kier molecular flexibility index (Phi) is 3.34. The minimum absolute atomic E-state index is 0.417. The first kappa shape index (κ1) is 15.1. The molecule has 0 amide bonds. The third-order valence-corrected chi connectivity index (χ3v) is 4.83. The van der Waals surface area contributed by atoms with Crippen molar-refractivity contribution in [3.8, 4) is 0 Å². The first-order valence-electron chi connectivity index (χ1n) is 7.89. The molecule has 0 aliphatic carbocycles. The Hall–Kier alpha value is -2.43. The number of benzene rings is 2. The minimum Gasteiger partial charge on any atom is -0.430 e. The number of hydrogen-bond acceptors (Lipinski definition) is 4. The molecule has 2 aliphatic heterocycles. The van der Waals surface area contributed by atoms with Gasteiger partial charge in [-0.2, -0.15) is 0 Å². The number of rotatable bonds is 3. The molecule has 0 radical (unpaired) electrons. The van der Waals surface area contributed by atoms with Crippen LogP contribution >= 0.6 is 0 Å². The molecule has 2 aromatic rings. The summed E-state index contributed by atoms with van der Waals surface area (Å²) in [5, 5.41) is 0. The van der Waals surface area contributed by atoms with Crippen molar-refractivity contribution in [3.05, 3.63) is 83.6 Å². The third kappa shape index (κ3) is 1.78. The average Bonchev–Trinajstić information content (AvgIpc) is 2.60. The van der Waals surface area contributed by atoms with Gasteiger partial charge in [-0.15, -0.1) is 0 Å². The Labute approximate surface area is 140 Å². The SMILES string of the molecule is CO[C@]12C=C(C)OC(=O)C1OC2(c1ccccc1)c1ccccc1. The summed E-state index contributed by atoms with van der Waals surface area (Å²) < 4.78 is 17.4. The Balaban J connectivity index is 1.99. The van der Waals surface area contributed by atoms with Crippen LogP contribution in [0.15, 0.2) is 72.5 Å². The van der Waals surface area contributed by atoms with E-state index in [1.807, 2.05) is 66.7 Å². The standard InChI is InChI=1S/C20H18O4/c1-14-13-19(22-2)17(18(21)23-14)24-20(19,15-9-5-3-6-10-15)16-11-7-4-8-12-16/h3-13,17H,1-2H3/t17?,19-/m1/s1. The molecular formula is C20H18O4. The average molecular weight is 322 g/mol. The van der Waals surface area contributed by atoms with Crippen LogP contribution < -0.4 is 0 Å². The van der Waals surface area contributed by atoms with Gasteiger partial charge in [0.2, 0.25) is 0 Å². The van der Waals surface area contributed by atoms with Gasteiger partial charge in [0.05, 0.1) is 0 Å². The third-order valence-electron chi connectivity index (χ3n) is 4.83. The lowest BCUT2D eigenvalue weighted by Crippen LogP contribution is -2.76. The van der Waals surface area contributed by atoms with Crippen LogP contribution in [0.2, 0.25) is 0 Å². The monoisotopic (exact) mass is 322 g/mol. The number of fused-ring (bicyclic) bond motifs is 1. The Morgan fingerprint density at radius 3 is 2.00 bits per heavy atom. The van der Waals surface area contributed by atoms with Gasteiger partial charge in [-0.3, -0.25) is 0 Å². The maximum Gasteiger partial charge on any atom is 0.343 e. The lowest BCUT2D eigenvalue weighted by Gasteiger charge is -2.61. The molecule has 0 aromatic heterocycles. The number of hydrogen-bond donors (Lipinski definition) is 0. The Bertz CT molecular complexity index is 757. The molecule has 0 N–H and O–H groups in total. The van der Waals surface area contributed by atoms with Crippen molar-refractivity contribution in [2.45, 2.75) is 24.2 Å². The minimum atomic E-state index is -0.935. The lowest BCUT2D eigenvalue weighted by molar-refractivity contribution is -0.326. The van der Waals surface area contributed by atoms with E-state index in [4.69, 9.17) is 14.2 Å². The van der Waals surface area contributed by atoms with E-state index in [2.05, 4.69) is 0 Å². The van der Waals surface area contributed by atoms with Crippen molar-refractivity contribution in [2.75, 3.05) is 7.11 Å². The van der Waals surface area contributed by atoms with Crippen molar-refractivity contribution >= 4 is 5.97 Å². The van der Waals surface area contributed by atoms with Crippen LogP contribution in [0, 0.1) is 0 Å². The summed E-state index contributed by atoms with van der Waals surface area (Å²) >= 11 is 0. The van der Waals surface area contributed by atoms with Gasteiger partial charge in [0.1, 0.15) is 5.76 Å². The van der Waals surface area contributed by atoms with Crippen molar-refractivity contribution < 1.29 is 19.0 Å². The van der Waals surface area contributed by atoms with Crippen molar-refractivity contribution in [2.24, 2.45) is 0 Å². The number of ether oxygens (including phenoxy) is 3. The first-order chi connectivity index (χ1) is 11.6. The topological polar surface area (TPSA) is 44.8 Å². The van der Waals surface area contributed by atoms with Gasteiger partial charge in [0, 0.05) is 7.11 Å². The summed E-state index contributed by atoms with van der Waals surface area (Å²) in [6.07, 6.45) is 1.08. The summed E-state index contributed by atoms with van der Waals surface area (Å²) in [5.74, 6) is 0.108. The van der Waals surface area contributed by atoms with E-state index in [0.717, 1.165) is 11.1 Å². The van der Waals surface area contributed by atoms with Crippen LogP contribution in [0.4, 0.5) is 0 Å². The maximum absolute atomic E-state index is 12.3. The van der Waals surface area contributed by atoms with Crippen LogP contribution in [0.3, 0.4) is 0 Å². The zero-order valence-electron chi connectivity index (χ0n) is 13.6. The number of esters is 1. The summed E-state index contributed by atoms with van der Waals surface area (Å²) in [5.41, 5.74) is 0.0474. The van der Waals surface area contributed by atoms with Gasteiger partial charge in [-0.25, -0.2) is 4.79 Å². The predicted octanol–water partition coefficient (Wildman–Crippen LogP) is 3.17. The molecule has 1 fully saturated rings. The van der Waals surface area contributed by atoms with Gasteiger partial charge in [0.15, 0.2) is 17.3 Å². The second-order valence-electron chi connectivity index (χ2n) is 6.08. The van der Waals surface area contributed by atoms with E-state index in [0.29, 0.717) is 5.76 Å². The highest BCUT2D eigenvalue weighted by molar-refractivity contribution is 5.82. The first-order valence-corrected chi connectivity index (χ1v) is 7.89. The smallest absolute Gasteiger partial charge is 0.343 e. The van der Waals surface area contributed by atoms with E-state index in [1.165, 1.54) is 0 Å².